The molecule has 3 atom stereocenters. The van der Waals surface area contributed by atoms with Crippen molar-refractivity contribution >= 4 is 11.9 Å². The second-order valence-electron chi connectivity index (χ2n) is 5.27. The highest BCUT2D eigenvalue weighted by Crippen LogP contribution is 2.27. The second-order valence-corrected chi connectivity index (χ2v) is 5.27. The molecule has 2 rings (SSSR count). The van der Waals surface area contributed by atoms with Gasteiger partial charge in [-0.25, -0.2) is 4.79 Å². The Morgan fingerprint density at radius 2 is 2.22 bits per heavy atom. The molecular formula is C12H20N2O4. The third-order valence-electron chi connectivity index (χ3n) is 3.98. The maximum absolute atomic E-state index is 12.5. The third kappa shape index (κ3) is 2.22. The zero-order valence-corrected chi connectivity index (χ0v) is 10.8. The highest BCUT2D eigenvalue weighted by Gasteiger charge is 2.47. The van der Waals surface area contributed by atoms with Gasteiger partial charge in [-0.1, -0.05) is 0 Å². The normalized spacial score (nSPS) is 36.0. The Balaban J connectivity index is 2.15. The van der Waals surface area contributed by atoms with Gasteiger partial charge in [0.1, 0.15) is 6.04 Å². The summed E-state index contributed by atoms with van der Waals surface area (Å²) >= 11 is 0. The Morgan fingerprint density at radius 3 is 2.72 bits per heavy atom. The molecule has 0 aromatic carbocycles. The average Bonchev–Trinajstić information content (AvgIpc) is 2.94. The smallest absolute Gasteiger partial charge is 0.326 e. The fourth-order valence-electron chi connectivity index (χ4n) is 2.82. The number of nitrogens with zero attached hydrogens (tertiary/aromatic N) is 1. The van der Waals surface area contributed by atoms with Crippen LogP contribution >= 0.6 is 0 Å². The first-order valence-corrected chi connectivity index (χ1v) is 6.29. The van der Waals surface area contributed by atoms with E-state index in [1.54, 1.807) is 7.11 Å². The first-order chi connectivity index (χ1) is 8.48. The summed E-state index contributed by atoms with van der Waals surface area (Å²) in [5, 5.41) is 12.4. The Kier molecular flexibility index (Phi) is 3.59. The molecule has 0 saturated carbocycles. The molecule has 2 saturated heterocycles. The largest absolute Gasteiger partial charge is 0.480 e. The van der Waals surface area contributed by atoms with Gasteiger partial charge in [0.15, 0.2) is 0 Å². The first-order valence-electron chi connectivity index (χ1n) is 6.29. The summed E-state index contributed by atoms with van der Waals surface area (Å²) in [6.07, 6.45) is 1.89. The minimum atomic E-state index is -0.954. The molecule has 1 amide bonds. The number of likely N-dealkylation sites (tertiary alicyclic amines) is 1. The Morgan fingerprint density at radius 1 is 1.50 bits per heavy atom. The average molecular weight is 256 g/mol. The molecule has 0 aromatic rings. The fraction of sp³-hybridized carbons (Fsp3) is 0.833. The van der Waals surface area contributed by atoms with Crippen LogP contribution in [0.5, 0.6) is 0 Å². The molecule has 18 heavy (non-hydrogen) atoms. The molecule has 0 bridgehead atoms. The minimum Gasteiger partial charge on any atom is -0.480 e. The molecule has 6 heteroatoms. The highest BCUT2D eigenvalue weighted by atomic mass is 16.5. The van der Waals surface area contributed by atoms with E-state index in [1.165, 1.54) is 4.90 Å². The highest BCUT2D eigenvalue weighted by molar-refractivity contribution is 5.90. The Bertz CT molecular complexity index is 352. The van der Waals surface area contributed by atoms with Gasteiger partial charge in [-0.15, -0.1) is 0 Å². The van der Waals surface area contributed by atoms with Gasteiger partial charge in [0.2, 0.25) is 5.91 Å². The van der Waals surface area contributed by atoms with Crippen molar-refractivity contribution in [1.82, 2.24) is 10.2 Å². The molecule has 6 nitrogen and oxygen atoms in total. The topological polar surface area (TPSA) is 78.9 Å². The number of rotatable bonds is 3. The summed E-state index contributed by atoms with van der Waals surface area (Å²) in [5.41, 5.74) is -0.615. The number of carbonyl (C=O) groups is 2. The van der Waals surface area contributed by atoms with Gasteiger partial charge in [-0.2, -0.15) is 0 Å². The van der Waals surface area contributed by atoms with Crippen molar-refractivity contribution in [3.63, 3.8) is 0 Å². The molecule has 2 aliphatic rings. The molecule has 2 N–H and O–H groups in total. The lowest BCUT2D eigenvalue weighted by Gasteiger charge is -2.31. The van der Waals surface area contributed by atoms with E-state index in [0.29, 0.717) is 13.0 Å². The molecule has 2 heterocycles. The molecule has 102 valence electrons. The number of ether oxygens (including phenoxy) is 1. The monoisotopic (exact) mass is 256 g/mol. The number of hydrogen-bond donors (Lipinski definition) is 2. The van der Waals surface area contributed by atoms with Crippen molar-refractivity contribution in [2.75, 3.05) is 20.2 Å². The Hall–Kier alpha value is -1.14. The summed E-state index contributed by atoms with van der Waals surface area (Å²) in [5.74, 6) is -1.07. The third-order valence-corrected chi connectivity index (χ3v) is 3.98. The number of aliphatic carboxylic acids is 1. The van der Waals surface area contributed by atoms with Gasteiger partial charge < -0.3 is 20.1 Å². The summed E-state index contributed by atoms with van der Waals surface area (Å²) in [6.45, 7) is 3.02. The van der Waals surface area contributed by atoms with E-state index in [9.17, 15) is 14.7 Å². The number of carboxylic acids is 1. The van der Waals surface area contributed by atoms with Crippen molar-refractivity contribution in [2.45, 2.75) is 43.9 Å². The minimum absolute atomic E-state index is 0.119. The molecule has 0 spiro atoms. The van der Waals surface area contributed by atoms with Gasteiger partial charge in [0, 0.05) is 20.1 Å². The SMILES string of the molecule is COC1CC(C(=O)O)N(C(=O)C2(C)CCCN2)C1. The van der Waals surface area contributed by atoms with Crippen LogP contribution in [0.1, 0.15) is 26.2 Å². The van der Waals surface area contributed by atoms with Crippen LogP contribution < -0.4 is 5.32 Å². The molecule has 0 aliphatic carbocycles. The van der Waals surface area contributed by atoms with Gasteiger partial charge in [-0.3, -0.25) is 4.79 Å². The van der Waals surface area contributed by atoms with E-state index < -0.39 is 17.6 Å². The number of carboxylic acid groups (broad SMARTS) is 1. The number of methoxy groups -OCH3 is 1. The van der Waals surface area contributed by atoms with Crippen LogP contribution in [0.4, 0.5) is 0 Å². The van der Waals surface area contributed by atoms with E-state index in [1.807, 2.05) is 6.92 Å². The number of carbonyl (C=O) groups excluding carboxylic acids is 1. The molecule has 2 aliphatic heterocycles. The molecule has 2 fully saturated rings. The summed E-state index contributed by atoms with van der Waals surface area (Å²) in [7, 11) is 1.55. The van der Waals surface area contributed by atoms with Gasteiger partial charge >= 0.3 is 5.97 Å². The van der Waals surface area contributed by atoms with Gasteiger partial charge in [0.05, 0.1) is 11.6 Å². The van der Waals surface area contributed by atoms with Crippen molar-refractivity contribution in [2.24, 2.45) is 0 Å². The lowest BCUT2D eigenvalue weighted by molar-refractivity contribution is -0.150. The maximum atomic E-state index is 12.5. The van der Waals surface area contributed by atoms with E-state index in [0.717, 1.165) is 19.4 Å². The lowest BCUT2D eigenvalue weighted by atomic mass is 9.98. The predicted molar refractivity (Wildman–Crippen MR) is 64.2 cm³/mol. The number of nitrogens with one attached hydrogen (secondary N) is 1. The summed E-state index contributed by atoms with van der Waals surface area (Å²) in [4.78, 5) is 25.2. The van der Waals surface area contributed by atoms with Crippen LogP contribution in [0, 0.1) is 0 Å². The van der Waals surface area contributed by atoms with Crippen molar-refractivity contribution in [1.29, 1.82) is 0 Å². The van der Waals surface area contributed by atoms with Gasteiger partial charge in [-0.05, 0) is 26.3 Å². The lowest BCUT2D eigenvalue weighted by Crippen LogP contribution is -2.55. The molecule has 3 unspecified atom stereocenters. The van der Waals surface area contributed by atoms with Gasteiger partial charge in [0.25, 0.3) is 0 Å². The quantitative estimate of drug-likeness (QED) is 0.733. The summed E-state index contributed by atoms with van der Waals surface area (Å²) < 4.78 is 5.19. The second kappa shape index (κ2) is 4.85. The number of hydrogen-bond acceptors (Lipinski definition) is 4. The molecular weight excluding hydrogens is 236 g/mol. The zero-order valence-electron chi connectivity index (χ0n) is 10.8. The molecule has 0 radical (unpaired) electrons. The Labute approximate surface area is 106 Å². The van der Waals surface area contributed by atoms with E-state index in [2.05, 4.69) is 5.32 Å². The van der Waals surface area contributed by atoms with Crippen LogP contribution in [0.2, 0.25) is 0 Å². The van der Waals surface area contributed by atoms with E-state index in [-0.39, 0.29) is 12.0 Å². The van der Waals surface area contributed by atoms with Crippen LogP contribution in [0.3, 0.4) is 0 Å². The number of amides is 1. The predicted octanol–water partition coefficient (Wildman–Crippen LogP) is -0.171. The van der Waals surface area contributed by atoms with E-state index >= 15 is 0 Å². The molecule has 0 aromatic heterocycles. The fourth-order valence-corrected chi connectivity index (χ4v) is 2.82. The van der Waals surface area contributed by atoms with Crippen LogP contribution in [0.25, 0.3) is 0 Å². The standard InChI is InChI=1S/C12H20N2O4/c1-12(4-3-5-13-12)11(17)14-7-8(18-2)6-9(14)10(15)16/h8-9,13H,3-7H2,1-2H3,(H,15,16). The van der Waals surface area contributed by atoms with Crippen molar-refractivity contribution in [3.8, 4) is 0 Å². The zero-order chi connectivity index (χ0) is 13.3. The summed E-state index contributed by atoms with van der Waals surface area (Å²) in [6, 6.07) is -0.762. The van der Waals surface area contributed by atoms with Crippen LogP contribution in [0.15, 0.2) is 0 Å². The van der Waals surface area contributed by atoms with Crippen molar-refractivity contribution in [3.05, 3.63) is 0 Å². The van der Waals surface area contributed by atoms with Crippen LogP contribution in [-0.4, -0.2) is 59.8 Å². The van der Waals surface area contributed by atoms with Crippen molar-refractivity contribution < 1.29 is 19.4 Å². The van der Waals surface area contributed by atoms with Crippen LogP contribution in [-0.2, 0) is 14.3 Å². The maximum Gasteiger partial charge on any atom is 0.326 e. The van der Waals surface area contributed by atoms with E-state index in [4.69, 9.17) is 4.74 Å². The first kappa shape index (κ1) is 13.3.